The van der Waals surface area contributed by atoms with Crippen LogP contribution in [-0.4, -0.2) is 7.11 Å². The molecule has 0 fully saturated rings. The molecular weight excluding hydrogens is 297 g/mol. The lowest BCUT2D eigenvalue weighted by Crippen LogP contribution is -2.01. The van der Waals surface area contributed by atoms with Crippen LogP contribution in [0.5, 0.6) is 5.75 Å². The van der Waals surface area contributed by atoms with E-state index in [-0.39, 0.29) is 5.82 Å². The number of benzene rings is 2. The Morgan fingerprint density at radius 3 is 2.72 bits per heavy atom. The van der Waals surface area contributed by atoms with Gasteiger partial charge >= 0.3 is 0 Å². The van der Waals surface area contributed by atoms with Crippen molar-refractivity contribution < 1.29 is 9.13 Å². The molecule has 18 heavy (non-hydrogen) atoms. The Kier molecular flexibility index (Phi) is 4.20. The molecule has 2 aromatic carbocycles. The number of hydrogen-bond acceptors (Lipinski definition) is 2. The quantitative estimate of drug-likeness (QED) is 0.913. The number of halogens is 2. The highest BCUT2D eigenvalue weighted by Gasteiger charge is 2.03. The summed E-state index contributed by atoms with van der Waals surface area (Å²) in [5.74, 6) is 0.544. The number of ether oxygens (including phenoxy) is 1. The molecule has 2 rings (SSSR count). The zero-order chi connectivity index (χ0) is 13.0. The number of anilines is 1. The van der Waals surface area contributed by atoms with Gasteiger partial charge in [-0.1, -0.05) is 18.2 Å². The molecule has 2 aromatic rings. The smallest absolute Gasteiger partial charge is 0.135 e. The predicted molar refractivity (Wildman–Crippen MR) is 74.4 cm³/mol. The molecule has 0 atom stereocenters. The Labute approximate surface area is 114 Å². The third kappa shape index (κ3) is 3.01. The van der Waals surface area contributed by atoms with Crippen LogP contribution >= 0.6 is 15.9 Å². The van der Waals surface area contributed by atoms with Gasteiger partial charge < -0.3 is 10.1 Å². The maximum atomic E-state index is 13.4. The van der Waals surface area contributed by atoms with Crippen LogP contribution in [0.15, 0.2) is 46.9 Å². The molecule has 0 radical (unpaired) electrons. The fraction of sp³-hybridized carbons (Fsp3) is 0.143. The van der Waals surface area contributed by atoms with E-state index in [0.717, 1.165) is 15.9 Å². The van der Waals surface area contributed by atoms with E-state index in [1.807, 2.05) is 24.3 Å². The number of methoxy groups -OCH3 is 1. The topological polar surface area (TPSA) is 21.3 Å². The summed E-state index contributed by atoms with van der Waals surface area (Å²) >= 11 is 3.39. The van der Waals surface area contributed by atoms with Gasteiger partial charge in [0.2, 0.25) is 0 Å². The van der Waals surface area contributed by atoms with Crippen LogP contribution in [0.3, 0.4) is 0 Å². The van der Waals surface area contributed by atoms with Crippen molar-refractivity contribution in [3.63, 3.8) is 0 Å². The second kappa shape index (κ2) is 5.87. The summed E-state index contributed by atoms with van der Waals surface area (Å²) in [6, 6.07) is 12.4. The van der Waals surface area contributed by atoms with E-state index < -0.39 is 0 Å². The largest absolute Gasteiger partial charge is 0.495 e. The third-order valence-corrected chi connectivity index (χ3v) is 3.25. The van der Waals surface area contributed by atoms with Crippen LogP contribution in [0.1, 0.15) is 5.56 Å². The molecule has 2 nitrogen and oxygen atoms in total. The Morgan fingerprint density at radius 1 is 1.22 bits per heavy atom. The number of hydrogen-bond donors (Lipinski definition) is 1. The minimum atomic E-state index is -0.200. The van der Waals surface area contributed by atoms with Crippen molar-refractivity contribution in [2.24, 2.45) is 0 Å². The fourth-order valence-electron chi connectivity index (χ4n) is 1.61. The molecule has 0 aromatic heterocycles. The van der Waals surface area contributed by atoms with Crippen molar-refractivity contribution in [3.8, 4) is 5.75 Å². The fourth-order valence-corrected chi connectivity index (χ4v) is 2.02. The van der Waals surface area contributed by atoms with E-state index in [1.165, 1.54) is 6.07 Å². The second-order valence-electron chi connectivity index (χ2n) is 3.79. The van der Waals surface area contributed by atoms with Gasteiger partial charge in [-0.05, 0) is 34.1 Å². The summed E-state index contributed by atoms with van der Waals surface area (Å²) in [6.45, 7) is 0.442. The number of rotatable bonds is 4. The SMILES string of the molecule is COc1cc(NCc2ccccc2F)ccc1Br. The molecule has 1 N–H and O–H groups in total. The zero-order valence-electron chi connectivity index (χ0n) is 9.91. The molecule has 0 saturated heterocycles. The van der Waals surface area contributed by atoms with E-state index in [4.69, 9.17) is 4.74 Å². The minimum absolute atomic E-state index is 0.200. The molecule has 0 aliphatic carbocycles. The summed E-state index contributed by atoms with van der Waals surface area (Å²) in [6.07, 6.45) is 0. The van der Waals surface area contributed by atoms with Gasteiger partial charge in [-0.2, -0.15) is 0 Å². The maximum absolute atomic E-state index is 13.4. The van der Waals surface area contributed by atoms with Gasteiger partial charge in [0.25, 0.3) is 0 Å². The predicted octanol–water partition coefficient (Wildman–Crippen LogP) is 4.21. The maximum Gasteiger partial charge on any atom is 0.135 e. The van der Waals surface area contributed by atoms with Crippen molar-refractivity contribution in [1.29, 1.82) is 0 Å². The molecule has 0 aliphatic rings. The molecule has 0 amide bonds. The molecule has 0 heterocycles. The molecular formula is C14H13BrFNO. The normalized spacial score (nSPS) is 10.2. The zero-order valence-corrected chi connectivity index (χ0v) is 11.5. The van der Waals surface area contributed by atoms with E-state index in [9.17, 15) is 4.39 Å². The van der Waals surface area contributed by atoms with Crippen molar-refractivity contribution in [2.45, 2.75) is 6.54 Å². The van der Waals surface area contributed by atoms with Crippen LogP contribution in [0.2, 0.25) is 0 Å². The van der Waals surface area contributed by atoms with Crippen molar-refractivity contribution in [2.75, 3.05) is 12.4 Å². The monoisotopic (exact) mass is 309 g/mol. The summed E-state index contributed by atoms with van der Waals surface area (Å²) in [5.41, 5.74) is 1.53. The van der Waals surface area contributed by atoms with E-state index >= 15 is 0 Å². The van der Waals surface area contributed by atoms with Crippen LogP contribution in [-0.2, 0) is 6.54 Å². The molecule has 4 heteroatoms. The van der Waals surface area contributed by atoms with Gasteiger partial charge in [0.15, 0.2) is 0 Å². The lowest BCUT2D eigenvalue weighted by Gasteiger charge is -2.10. The first kappa shape index (κ1) is 12.9. The first-order valence-corrected chi connectivity index (χ1v) is 6.31. The number of nitrogens with one attached hydrogen (secondary N) is 1. The second-order valence-corrected chi connectivity index (χ2v) is 4.65. The van der Waals surface area contributed by atoms with Gasteiger partial charge in [-0.3, -0.25) is 0 Å². The van der Waals surface area contributed by atoms with E-state index in [1.54, 1.807) is 19.2 Å². The van der Waals surface area contributed by atoms with Gasteiger partial charge in [0.1, 0.15) is 11.6 Å². The highest BCUT2D eigenvalue weighted by atomic mass is 79.9. The van der Waals surface area contributed by atoms with E-state index in [2.05, 4.69) is 21.2 Å². The summed E-state index contributed by atoms with van der Waals surface area (Å²) in [7, 11) is 1.61. The molecule has 0 aliphatic heterocycles. The minimum Gasteiger partial charge on any atom is -0.495 e. The van der Waals surface area contributed by atoms with Crippen LogP contribution in [0.25, 0.3) is 0 Å². The summed E-state index contributed by atoms with van der Waals surface area (Å²) < 4.78 is 19.5. The Bertz CT molecular complexity index is 545. The average molecular weight is 310 g/mol. The van der Waals surface area contributed by atoms with Crippen LogP contribution < -0.4 is 10.1 Å². The van der Waals surface area contributed by atoms with Crippen LogP contribution in [0.4, 0.5) is 10.1 Å². The molecule has 0 bridgehead atoms. The lowest BCUT2D eigenvalue weighted by atomic mass is 10.2. The summed E-state index contributed by atoms with van der Waals surface area (Å²) in [5, 5.41) is 3.16. The van der Waals surface area contributed by atoms with Gasteiger partial charge in [-0.25, -0.2) is 4.39 Å². The molecule has 0 saturated carbocycles. The van der Waals surface area contributed by atoms with Crippen molar-refractivity contribution in [1.82, 2.24) is 0 Å². The third-order valence-electron chi connectivity index (χ3n) is 2.59. The Morgan fingerprint density at radius 2 is 2.00 bits per heavy atom. The molecule has 0 spiro atoms. The van der Waals surface area contributed by atoms with Gasteiger partial charge in [-0.15, -0.1) is 0 Å². The highest BCUT2D eigenvalue weighted by Crippen LogP contribution is 2.28. The molecule has 0 unspecified atom stereocenters. The van der Waals surface area contributed by atoms with E-state index in [0.29, 0.717) is 12.1 Å². The Hall–Kier alpha value is -1.55. The first-order chi connectivity index (χ1) is 8.70. The Balaban J connectivity index is 2.09. The average Bonchev–Trinajstić information content (AvgIpc) is 2.39. The van der Waals surface area contributed by atoms with Gasteiger partial charge in [0.05, 0.1) is 11.6 Å². The van der Waals surface area contributed by atoms with Crippen molar-refractivity contribution >= 4 is 21.6 Å². The first-order valence-electron chi connectivity index (χ1n) is 5.51. The van der Waals surface area contributed by atoms with Crippen LogP contribution in [0, 0.1) is 5.82 Å². The molecule has 94 valence electrons. The van der Waals surface area contributed by atoms with Gasteiger partial charge in [0, 0.05) is 23.9 Å². The summed E-state index contributed by atoms with van der Waals surface area (Å²) in [4.78, 5) is 0. The highest BCUT2D eigenvalue weighted by molar-refractivity contribution is 9.10. The van der Waals surface area contributed by atoms with Crippen molar-refractivity contribution in [3.05, 3.63) is 58.3 Å². The standard InChI is InChI=1S/C14H13BrFNO/c1-18-14-8-11(6-7-12(14)15)17-9-10-4-2-3-5-13(10)16/h2-8,17H,9H2,1H3. The lowest BCUT2D eigenvalue weighted by molar-refractivity contribution is 0.412.